The minimum Gasteiger partial charge on any atom is -0.338 e. The summed E-state index contributed by atoms with van der Waals surface area (Å²) in [6, 6.07) is 0. The van der Waals surface area contributed by atoms with Gasteiger partial charge >= 0.3 is 0 Å². The van der Waals surface area contributed by atoms with E-state index in [0.717, 1.165) is 17.7 Å². The first-order valence-electron chi connectivity index (χ1n) is 4.92. The van der Waals surface area contributed by atoms with Gasteiger partial charge in [0, 0.05) is 44.6 Å². The lowest BCUT2D eigenvalue weighted by molar-refractivity contribution is -0.129. The Labute approximate surface area is 87.5 Å². The van der Waals surface area contributed by atoms with E-state index < -0.39 is 0 Å². The fourth-order valence-corrected chi connectivity index (χ4v) is 1.86. The van der Waals surface area contributed by atoms with E-state index in [4.69, 9.17) is 0 Å². The Morgan fingerprint density at radius 2 is 2.13 bits per heavy atom. The third-order valence-electron chi connectivity index (χ3n) is 2.71. The standard InChI is InChI=1S/C10H13N3O2/c1-6(14)10-8-5-13(7(2)15)4-3-9(8)11-12-10/h3-5H2,1-2H3,(H,11,12). The molecule has 1 amide bonds. The van der Waals surface area contributed by atoms with Crippen molar-refractivity contribution in [1.29, 1.82) is 0 Å². The molecule has 0 aliphatic carbocycles. The Morgan fingerprint density at radius 3 is 2.73 bits per heavy atom. The number of carbonyl (C=O) groups is 2. The lowest BCUT2D eigenvalue weighted by Gasteiger charge is -2.25. The molecule has 1 aliphatic heterocycles. The maximum atomic E-state index is 11.3. The lowest BCUT2D eigenvalue weighted by atomic mass is 10.0. The summed E-state index contributed by atoms with van der Waals surface area (Å²) in [6.45, 7) is 4.22. The van der Waals surface area contributed by atoms with Crippen molar-refractivity contribution in [2.75, 3.05) is 6.54 Å². The quantitative estimate of drug-likeness (QED) is 0.682. The van der Waals surface area contributed by atoms with Gasteiger partial charge in [0.1, 0.15) is 5.69 Å². The van der Waals surface area contributed by atoms with Crippen LogP contribution in [0.1, 0.15) is 35.6 Å². The second-order valence-electron chi connectivity index (χ2n) is 3.78. The van der Waals surface area contributed by atoms with Crippen molar-refractivity contribution in [3.05, 3.63) is 17.0 Å². The number of fused-ring (bicyclic) bond motifs is 1. The summed E-state index contributed by atoms with van der Waals surface area (Å²) in [5.41, 5.74) is 2.33. The van der Waals surface area contributed by atoms with Crippen LogP contribution >= 0.6 is 0 Å². The van der Waals surface area contributed by atoms with Crippen LogP contribution in [-0.2, 0) is 17.8 Å². The molecule has 1 aromatic rings. The van der Waals surface area contributed by atoms with Crippen LogP contribution in [0.2, 0.25) is 0 Å². The normalized spacial score (nSPS) is 14.9. The highest BCUT2D eigenvalue weighted by atomic mass is 16.2. The average Bonchev–Trinajstić information content (AvgIpc) is 2.59. The molecule has 1 aromatic heterocycles. The first-order chi connectivity index (χ1) is 7.09. The Morgan fingerprint density at radius 1 is 1.40 bits per heavy atom. The van der Waals surface area contributed by atoms with E-state index in [9.17, 15) is 9.59 Å². The van der Waals surface area contributed by atoms with Crippen LogP contribution in [0.25, 0.3) is 0 Å². The number of H-pyrrole nitrogens is 1. The summed E-state index contributed by atoms with van der Waals surface area (Å²) in [5.74, 6) is -0.0192. The van der Waals surface area contributed by atoms with E-state index in [1.165, 1.54) is 6.92 Å². The predicted octanol–water partition coefficient (Wildman–Crippen LogP) is 0.517. The van der Waals surface area contributed by atoms with Crippen LogP contribution in [0.5, 0.6) is 0 Å². The number of aromatic nitrogens is 2. The van der Waals surface area contributed by atoms with E-state index in [1.807, 2.05) is 0 Å². The molecule has 5 heteroatoms. The van der Waals surface area contributed by atoms with Gasteiger partial charge < -0.3 is 4.90 Å². The molecule has 80 valence electrons. The zero-order valence-electron chi connectivity index (χ0n) is 8.83. The monoisotopic (exact) mass is 207 g/mol. The van der Waals surface area contributed by atoms with Crippen molar-refractivity contribution in [3.63, 3.8) is 0 Å². The van der Waals surface area contributed by atoms with E-state index in [0.29, 0.717) is 18.8 Å². The number of Topliss-reactive ketones (excluding diaryl/α,β-unsaturated/α-hetero) is 1. The molecule has 0 aromatic carbocycles. The molecular weight excluding hydrogens is 194 g/mol. The van der Waals surface area contributed by atoms with Crippen molar-refractivity contribution >= 4 is 11.7 Å². The molecule has 0 fully saturated rings. The highest BCUT2D eigenvalue weighted by Gasteiger charge is 2.24. The van der Waals surface area contributed by atoms with Gasteiger partial charge in [-0.2, -0.15) is 5.10 Å². The molecule has 1 N–H and O–H groups in total. The van der Waals surface area contributed by atoms with Gasteiger partial charge in [-0.05, 0) is 0 Å². The summed E-state index contributed by atoms with van der Waals surface area (Å²) >= 11 is 0. The number of nitrogens with one attached hydrogen (secondary N) is 1. The fourth-order valence-electron chi connectivity index (χ4n) is 1.86. The zero-order valence-corrected chi connectivity index (χ0v) is 8.83. The molecule has 0 atom stereocenters. The largest absolute Gasteiger partial charge is 0.338 e. The lowest BCUT2D eigenvalue weighted by Crippen LogP contribution is -2.34. The maximum absolute atomic E-state index is 11.3. The highest BCUT2D eigenvalue weighted by molar-refractivity contribution is 5.94. The predicted molar refractivity (Wildman–Crippen MR) is 53.4 cm³/mol. The van der Waals surface area contributed by atoms with E-state index in [-0.39, 0.29) is 11.7 Å². The first-order valence-corrected chi connectivity index (χ1v) is 4.92. The Kier molecular flexibility index (Phi) is 2.30. The van der Waals surface area contributed by atoms with Crippen molar-refractivity contribution in [2.45, 2.75) is 26.8 Å². The molecular formula is C10H13N3O2. The molecule has 0 spiro atoms. The molecule has 5 nitrogen and oxygen atoms in total. The van der Waals surface area contributed by atoms with Crippen LogP contribution in [0, 0.1) is 0 Å². The summed E-state index contributed by atoms with van der Waals surface area (Å²) in [5, 5.41) is 6.84. The third kappa shape index (κ3) is 1.65. The minimum atomic E-state index is -0.0575. The number of amides is 1. The van der Waals surface area contributed by atoms with Crippen molar-refractivity contribution in [1.82, 2.24) is 15.1 Å². The molecule has 0 unspecified atom stereocenters. The topological polar surface area (TPSA) is 66.1 Å². The van der Waals surface area contributed by atoms with Gasteiger partial charge in [0.15, 0.2) is 5.78 Å². The molecule has 2 heterocycles. The number of ketones is 1. The van der Waals surface area contributed by atoms with Gasteiger partial charge in [-0.3, -0.25) is 14.7 Å². The van der Waals surface area contributed by atoms with E-state index >= 15 is 0 Å². The molecule has 2 rings (SSSR count). The van der Waals surface area contributed by atoms with Crippen LogP contribution in [0.4, 0.5) is 0 Å². The Balaban J connectivity index is 2.34. The molecule has 15 heavy (non-hydrogen) atoms. The second kappa shape index (κ2) is 3.49. The van der Waals surface area contributed by atoms with Crippen molar-refractivity contribution in [3.8, 4) is 0 Å². The number of hydrogen-bond acceptors (Lipinski definition) is 3. The molecule has 0 radical (unpaired) electrons. The summed E-state index contributed by atoms with van der Waals surface area (Å²) in [7, 11) is 0. The van der Waals surface area contributed by atoms with Gasteiger partial charge in [0.2, 0.25) is 5.91 Å². The number of carbonyl (C=O) groups excluding carboxylic acids is 2. The number of hydrogen-bond donors (Lipinski definition) is 1. The van der Waals surface area contributed by atoms with Crippen LogP contribution in [0.3, 0.4) is 0 Å². The second-order valence-corrected chi connectivity index (χ2v) is 3.78. The summed E-state index contributed by atoms with van der Waals surface area (Å²) < 4.78 is 0. The summed E-state index contributed by atoms with van der Waals surface area (Å²) in [6.07, 6.45) is 0.745. The van der Waals surface area contributed by atoms with Crippen LogP contribution in [-0.4, -0.2) is 33.3 Å². The Hall–Kier alpha value is -1.65. The third-order valence-corrected chi connectivity index (χ3v) is 2.71. The minimum absolute atomic E-state index is 0.0383. The van der Waals surface area contributed by atoms with E-state index in [2.05, 4.69) is 10.2 Å². The average molecular weight is 207 g/mol. The van der Waals surface area contributed by atoms with Crippen molar-refractivity contribution in [2.24, 2.45) is 0 Å². The number of nitrogens with zero attached hydrogens (tertiary/aromatic N) is 2. The van der Waals surface area contributed by atoms with E-state index in [1.54, 1.807) is 11.8 Å². The van der Waals surface area contributed by atoms with Gasteiger partial charge in [-0.15, -0.1) is 0 Å². The summed E-state index contributed by atoms with van der Waals surface area (Å²) in [4.78, 5) is 24.2. The molecule has 0 saturated carbocycles. The van der Waals surface area contributed by atoms with Crippen molar-refractivity contribution < 1.29 is 9.59 Å². The fraction of sp³-hybridized carbons (Fsp3) is 0.500. The van der Waals surface area contributed by atoms with Gasteiger partial charge in [-0.1, -0.05) is 0 Å². The Bertz CT molecular complexity index is 422. The van der Waals surface area contributed by atoms with Gasteiger partial charge in [0.25, 0.3) is 0 Å². The van der Waals surface area contributed by atoms with Crippen LogP contribution in [0.15, 0.2) is 0 Å². The first kappa shape index (κ1) is 9.89. The molecule has 0 bridgehead atoms. The molecule has 0 saturated heterocycles. The highest BCUT2D eigenvalue weighted by Crippen LogP contribution is 2.20. The van der Waals surface area contributed by atoms with Gasteiger partial charge in [-0.25, -0.2) is 0 Å². The SMILES string of the molecule is CC(=O)c1n[nH]c2c1CN(C(C)=O)CC2. The maximum Gasteiger partial charge on any atom is 0.219 e. The zero-order chi connectivity index (χ0) is 11.0. The van der Waals surface area contributed by atoms with Crippen LogP contribution < -0.4 is 0 Å². The molecule has 1 aliphatic rings. The van der Waals surface area contributed by atoms with Gasteiger partial charge in [0.05, 0.1) is 0 Å². The number of aromatic amines is 1. The smallest absolute Gasteiger partial charge is 0.219 e. The number of rotatable bonds is 1.